The maximum atomic E-state index is 12.5. The molecule has 0 spiro atoms. The van der Waals surface area contributed by atoms with Gasteiger partial charge in [-0.25, -0.2) is 4.79 Å². The number of rotatable bonds is 4. The van der Waals surface area contributed by atoms with Gasteiger partial charge in [0, 0.05) is 6.54 Å². The van der Waals surface area contributed by atoms with Gasteiger partial charge in [-0.15, -0.1) is 0 Å². The smallest absolute Gasteiger partial charge is 0.408 e. The van der Waals surface area contributed by atoms with E-state index in [0.717, 1.165) is 19.3 Å². The van der Waals surface area contributed by atoms with Crippen molar-refractivity contribution in [3.8, 4) is 0 Å². The fourth-order valence-corrected chi connectivity index (χ4v) is 4.50. The van der Waals surface area contributed by atoms with Crippen molar-refractivity contribution in [3.05, 3.63) is 0 Å². The van der Waals surface area contributed by atoms with Crippen LogP contribution in [0.2, 0.25) is 0 Å². The second kappa shape index (κ2) is 6.61. The van der Waals surface area contributed by atoms with Gasteiger partial charge in [0.1, 0.15) is 18.2 Å². The molecule has 7 heteroatoms. The van der Waals surface area contributed by atoms with Crippen LogP contribution in [0.3, 0.4) is 0 Å². The van der Waals surface area contributed by atoms with Crippen LogP contribution in [0.4, 0.5) is 4.79 Å². The van der Waals surface area contributed by atoms with Crippen LogP contribution in [0.15, 0.2) is 0 Å². The van der Waals surface area contributed by atoms with E-state index in [1.807, 2.05) is 6.92 Å². The summed E-state index contributed by atoms with van der Waals surface area (Å²) in [4.78, 5) is 37.7. The second-order valence-corrected chi connectivity index (χ2v) is 7.71. The molecule has 1 aliphatic heterocycles. The molecule has 3 amide bonds. The molecule has 134 valence electrons. The Morgan fingerprint density at radius 3 is 2.38 bits per heavy atom. The van der Waals surface area contributed by atoms with E-state index in [1.54, 1.807) is 6.92 Å². The summed E-state index contributed by atoms with van der Waals surface area (Å²) in [6.07, 6.45) is 4.54. The van der Waals surface area contributed by atoms with Crippen molar-refractivity contribution in [1.29, 1.82) is 0 Å². The molecule has 4 rings (SSSR count). The highest BCUT2D eigenvalue weighted by Gasteiger charge is 2.41. The Balaban J connectivity index is 1.50. The zero-order chi connectivity index (χ0) is 17.4. The predicted octanol–water partition coefficient (Wildman–Crippen LogP) is 1.01. The highest BCUT2D eigenvalue weighted by atomic mass is 16.6. The molecule has 3 N–H and O–H groups in total. The zero-order valence-corrected chi connectivity index (χ0v) is 14.4. The Kier molecular flexibility index (Phi) is 4.69. The maximum Gasteiger partial charge on any atom is 0.408 e. The Labute approximate surface area is 142 Å². The standard InChI is InChI=1S/C17H27N3O4/c1-9-3-4-20(14(9)15(18)21)16(22)10(2)19-17(23)24-13-7-11-5-12(6-11)8-13/h9-14H,3-8H2,1-2H3,(H2,18,21)(H,19,23)/t9-,10+,11?,12?,13?,14+/m1/s1. The van der Waals surface area contributed by atoms with Crippen molar-refractivity contribution in [3.63, 3.8) is 0 Å². The number of ether oxygens (including phenoxy) is 1. The van der Waals surface area contributed by atoms with E-state index in [1.165, 1.54) is 17.7 Å². The largest absolute Gasteiger partial charge is 0.446 e. The van der Waals surface area contributed by atoms with E-state index in [2.05, 4.69) is 5.32 Å². The summed E-state index contributed by atoms with van der Waals surface area (Å²) in [5.41, 5.74) is 5.41. The molecule has 1 heterocycles. The summed E-state index contributed by atoms with van der Waals surface area (Å²) < 4.78 is 5.46. The number of nitrogens with two attached hydrogens (primary N) is 1. The molecule has 24 heavy (non-hydrogen) atoms. The summed E-state index contributed by atoms with van der Waals surface area (Å²) in [5, 5.41) is 2.60. The van der Waals surface area contributed by atoms with Gasteiger partial charge in [-0.1, -0.05) is 6.92 Å². The van der Waals surface area contributed by atoms with Crippen molar-refractivity contribution in [2.75, 3.05) is 6.54 Å². The lowest BCUT2D eigenvalue weighted by molar-refractivity contribution is -0.139. The van der Waals surface area contributed by atoms with Crippen molar-refractivity contribution in [2.45, 2.75) is 64.1 Å². The minimum atomic E-state index is -0.734. The third kappa shape index (κ3) is 3.35. The Hall–Kier alpha value is -1.79. The molecule has 0 aromatic heterocycles. The first-order chi connectivity index (χ1) is 11.3. The van der Waals surface area contributed by atoms with Crippen LogP contribution in [0.5, 0.6) is 0 Å². The molecular formula is C17H27N3O4. The first-order valence-electron chi connectivity index (χ1n) is 8.92. The van der Waals surface area contributed by atoms with E-state index in [4.69, 9.17) is 10.5 Å². The molecule has 2 bridgehead atoms. The topological polar surface area (TPSA) is 102 Å². The van der Waals surface area contributed by atoms with E-state index >= 15 is 0 Å². The molecule has 1 saturated heterocycles. The first-order valence-corrected chi connectivity index (χ1v) is 8.92. The van der Waals surface area contributed by atoms with E-state index < -0.39 is 24.1 Å². The van der Waals surface area contributed by atoms with Crippen LogP contribution in [-0.4, -0.2) is 47.5 Å². The van der Waals surface area contributed by atoms with E-state index in [-0.39, 0.29) is 17.9 Å². The van der Waals surface area contributed by atoms with E-state index in [0.29, 0.717) is 18.4 Å². The molecule has 0 radical (unpaired) electrons. The monoisotopic (exact) mass is 337 g/mol. The van der Waals surface area contributed by atoms with Crippen LogP contribution < -0.4 is 11.1 Å². The maximum absolute atomic E-state index is 12.5. The lowest BCUT2D eigenvalue weighted by atomic mass is 9.64. The van der Waals surface area contributed by atoms with Gasteiger partial charge in [0.05, 0.1) is 0 Å². The summed E-state index contributed by atoms with van der Waals surface area (Å²) in [5.74, 6) is 0.654. The molecule has 7 nitrogen and oxygen atoms in total. The number of hydrogen-bond acceptors (Lipinski definition) is 4. The third-order valence-electron chi connectivity index (χ3n) is 5.78. The van der Waals surface area contributed by atoms with Gasteiger partial charge < -0.3 is 20.7 Å². The van der Waals surface area contributed by atoms with Gasteiger partial charge in [-0.2, -0.15) is 0 Å². The number of primary amides is 1. The predicted molar refractivity (Wildman–Crippen MR) is 86.8 cm³/mol. The summed E-state index contributed by atoms with van der Waals surface area (Å²) in [6, 6.07) is -1.33. The number of nitrogens with one attached hydrogen (secondary N) is 1. The van der Waals surface area contributed by atoms with Crippen LogP contribution in [0, 0.1) is 17.8 Å². The number of nitrogens with zero attached hydrogens (tertiary/aromatic N) is 1. The van der Waals surface area contributed by atoms with Crippen molar-refractivity contribution < 1.29 is 19.1 Å². The Bertz CT molecular complexity index is 522. The minimum Gasteiger partial charge on any atom is -0.446 e. The summed E-state index contributed by atoms with van der Waals surface area (Å²) in [6.45, 7) is 4.01. The van der Waals surface area contributed by atoms with Gasteiger partial charge in [-0.05, 0) is 56.8 Å². The van der Waals surface area contributed by atoms with Gasteiger partial charge in [0.15, 0.2) is 0 Å². The fourth-order valence-electron chi connectivity index (χ4n) is 4.50. The Morgan fingerprint density at radius 1 is 1.17 bits per heavy atom. The van der Waals surface area contributed by atoms with Crippen LogP contribution in [-0.2, 0) is 14.3 Å². The van der Waals surface area contributed by atoms with Crippen molar-refractivity contribution in [2.24, 2.45) is 23.5 Å². The normalized spacial score (nSPS) is 35.8. The number of fused-ring (bicyclic) bond motifs is 2. The number of alkyl carbamates (subject to hydrolysis) is 1. The number of likely N-dealkylation sites (tertiary alicyclic amines) is 1. The van der Waals surface area contributed by atoms with Crippen LogP contribution in [0.25, 0.3) is 0 Å². The third-order valence-corrected chi connectivity index (χ3v) is 5.78. The molecular weight excluding hydrogens is 310 g/mol. The molecule has 0 unspecified atom stereocenters. The molecule has 3 atom stereocenters. The molecule has 3 aliphatic carbocycles. The average Bonchev–Trinajstić information content (AvgIpc) is 2.87. The van der Waals surface area contributed by atoms with E-state index in [9.17, 15) is 14.4 Å². The minimum absolute atomic E-state index is 0.0324. The zero-order valence-electron chi connectivity index (χ0n) is 14.4. The van der Waals surface area contributed by atoms with Crippen LogP contribution >= 0.6 is 0 Å². The second-order valence-electron chi connectivity index (χ2n) is 7.71. The summed E-state index contributed by atoms with van der Waals surface area (Å²) >= 11 is 0. The number of hydrogen-bond donors (Lipinski definition) is 2. The number of carbonyl (C=O) groups excluding carboxylic acids is 3. The molecule has 0 aromatic rings. The van der Waals surface area contributed by atoms with Crippen molar-refractivity contribution >= 4 is 17.9 Å². The number of amides is 3. The Morgan fingerprint density at radius 2 is 1.79 bits per heavy atom. The number of carbonyl (C=O) groups is 3. The fraction of sp³-hybridized carbons (Fsp3) is 0.824. The SMILES string of the molecule is C[C@H](NC(=O)OC1CC2CC(C2)C1)C(=O)N1CC[C@@H](C)[C@H]1C(N)=O. The summed E-state index contributed by atoms with van der Waals surface area (Å²) in [7, 11) is 0. The lowest BCUT2D eigenvalue weighted by Gasteiger charge is -2.44. The lowest BCUT2D eigenvalue weighted by Crippen LogP contribution is -2.53. The van der Waals surface area contributed by atoms with Gasteiger partial charge in [-0.3, -0.25) is 9.59 Å². The molecule has 0 aromatic carbocycles. The van der Waals surface area contributed by atoms with Crippen molar-refractivity contribution in [1.82, 2.24) is 10.2 Å². The highest BCUT2D eigenvalue weighted by Crippen LogP contribution is 2.46. The molecule has 3 saturated carbocycles. The van der Waals surface area contributed by atoms with Gasteiger partial charge >= 0.3 is 6.09 Å². The molecule has 4 fully saturated rings. The van der Waals surface area contributed by atoms with Crippen LogP contribution in [0.1, 0.15) is 46.0 Å². The van der Waals surface area contributed by atoms with Gasteiger partial charge in [0.2, 0.25) is 11.8 Å². The molecule has 4 aliphatic rings. The van der Waals surface area contributed by atoms with Gasteiger partial charge in [0.25, 0.3) is 0 Å². The average molecular weight is 337 g/mol. The quantitative estimate of drug-likeness (QED) is 0.799. The first kappa shape index (κ1) is 17.0. The highest BCUT2D eigenvalue weighted by molar-refractivity contribution is 5.91.